The number of amides is 1. The van der Waals surface area contributed by atoms with Gasteiger partial charge in [-0.05, 0) is 49.2 Å². The zero-order valence-corrected chi connectivity index (χ0v) is 18.8. The van der Waals surface area contributed by atoms with Gasteiger partial charge in [0.1, 0.15) is 5.82 Å². The molecule has 8 heteroatoms. The summed E-state index contributed by atoms with van der Waals surface area (Å²) >= 11 is 3.47. The summed E-state index contributed by atoms with van der Waals surface area (Å²) in [7, 11) is 1.28. The van der Waals surface area contributed by atoms with Gasteiger partial charge in [0.15, 0.2) is 11.5 Å². The number of hydrogen-bond acceptors (Lipinski definition) is 5. The number of halogens is 2. The number of ether oxygens (including phenoxy) is 3. The van der Waals surface area contributed by atoms with Crippen molar-refractivity contribution >= 4 is 27.8 Å². The Labute approximate surface area is 183 Å². The number of esters is 1. The van der Waals surface area contributed by atoms with Crippen LogP contribution in [0.3, 0.4) is 0 Å². The van der Waals surface area contributed by atoms with Crippen molar-refractivity contribution in [2.24, 2.45) is 0 Å². The minimum Gasteiger partial charge on any atom is -0.490 e. The zero-order valence-electron chi connectivity index (χ0n) is 17.2. The molecule has 0 saturated heterocycles. The van der Waals surface area contributed by atoms with Gasteiger partial charge < -0.3 is 19.5 Å². The molecule has 1 N–H and O–H groups in total. The maximum absolute atomic E-state index is 13.3. The van der Waals surface area contributed by atoms with E-state index in [1.54, 1.807) is 12.1 Å². The van der Waals surface area contributed by atoms with Crippen LogP contribution in [0.25, 0.3) is 0 Å². The van der Waals surface area contributed by atoms with Gasteiger partial charge in [-0.15, -0.1) is 0 Å². The standard InChI is InChI=1S/C22H25BrFNO5/c1-4-29-19-10-15(17(23)12-20(19)30-5-2)11-21(26)25-18(13-22(27)28-3)14-6-8-16(24)9-7-14/h6-10,12,18H,4-5,11,13H2,1-3H3,(H,25,26). The Bertz CT molecular complexity index is 873. The van der Waals surface area contributed by atoms with Crippen LogP contribution in [0, 0.1) is 5.82 Å². The first-order valence-electron chi connectivity index (χ1n) is 9.57. The topological polar surface area (TPSA) is 73.9 Å². The smallest absolute Gasteiger partial charge is 0.307 e. The molecule has 2 aromatic rings. The van der Waals surface area contributed by atoms with Gasteiger partial charge in [-0.1, -0.05) is 28.1 Å². The van der Waals surface area contributed by atoms with Crippen LogP contribution in [0.2, 0.25) is 0 Å². The number of carbonyl (C=O) groups is 2. The van der Waals surface area contributed by atoms with E-state index in [0.717, 1.165) is 0 Å². The molecule has 2 rings (SSSR count). The van der Waals surface area contributed by atoms with E-state index in [2.05, 4.69) is 21.2 Å². The van der Waals surface area contributed by atoms with Crippen LogP contribution in [-0.2, 0) is 20.7 Å². The molecule has 1 amide bonds. The second kappa shape index (κ2) is 11.5. The molecule has 0 aliphatic carbocycles. The van der Waals surface area contributed by atoms with E-state index in [1.165, 1.54) is 31.4 Å². The lowest BCUT2D eigenvalue weighted by molar-refractivity contribution is -0.141. The van der Waals surface area contributed by atoms with Crippen LogP contribution in [0.15, 0.2) is 40.9 Å². The molecule has 0 aliphatic heterocycles. The second-order valence-electron chi connectivity index (χ2n) is 6.39. The highest BCUT2D eigenvalue weighted by Gasteiger charge is 2.20. The van der Waals surface area contributed by atoms with Crippen molar-refractivity contribution in [3.63, 3.8) is 0 Å². The van der Waals surface area contributed by atoms with Gasteiger partial charge in [-0.2, -0.15) is 0 Å². The van der Waals surface area contributed by atoms with Crippen molar-refractivity contribution < 1.29 is 28.2 Å². The molecule has 0 spiro atoms. The molecule has 30 heavy (non-hydrogen) atoms. The number of rotatable bonds is 10. The fraction of sp³-hybridized carbons (Fsp3) is 0.364. The maximum Gasteiger partial charge on any atom is 0.307 e. The Hall–Kier alpha value is -2.61. The first-order valence-corrected chi connectivity index (χ1v) is 10.4. The number of methoxy groups -OCH3 is 1. The van der Waals surface area contributed by atoms with E-state index in [4.69, 9.17) is 14.2 Å². The predicted octanol–water partition coefficient (Wildman–Crippen LogP) is 4.35. The monoisotopic (exact) mass is 481 g/mol. The molecule has 0 radical (unpaired) electrons. The van der Waals surface area contributed by atoms with Gasteiger partial charge in [-0.3, -0.25) is 9.59 Å². The van der Waals surface area contributed by atoms with Crippen molar-refractivity contribution in [2.75, 3.05) is 20.3 Å². The van der Waals surface area contributed by atoms with Gasteiger partial charge in [-0.25, -0.2) is 4.39 Å². The number of benzene rings is 2. The van der Waals surface area contributed by atoms with Crippen LogP contribution in [0.5, 0.6) is 11.5 Å². The average molecular weight is 482 g/mol. The summed E-state index contributed by atoms with van der Waals surface area (Å²) in [5, 5.41) is 2.83. The molecule has 0 heterocycles. The third kappa shape index (κ3) is 6.73. The van der Waals surface area contributed by atoms with Gasteiger partial charge in [0, 0.05) is 4.47 Å². The summed E-state index contributed by atoms with van der Waals surface area (Å²) in [6.07, 6.45) is -0.0194. The molecule has 1 unspecified atom stereocenters. The first-order chi connectivity index (χ1) is 14.4. The van der Waals surface area contributed by atoms with Crippen LogP contribution in [0.4, 0.5) is 4.39 Å². The molecular formula is C22H25BrFNO5. The molecule has 0 aliphatic rings. The molecule has 6 nitrogen and oxygen atoms in total. The number of hydrogen-bond donors (Lipinski definition) is 1. The lowest BCUT2D eigenvalue weighted by Gasteiger charge is -2.19. The lowest BCUT2D eigenvalue weighted by atomic mass is 10.0. The maximum atomic E-state index is 13.3. The lowest BCUT2D eigenvalue weighted by Crippen LogP contribution is -2.31. The molecule has 162 valence electrons. The van der Waals surface area contributed by atoms with Crippen molar-refractivity contribution in [1.29, 1.82) is 0 Å². The van der Waals surface area contributed by atoms with E-state index in [0.29, 0.717) is 40.3 Å². The van der Waals surface area contributed by atoms with Crippen LogP contribution in [0.1, 0.15) is 37.4 Å². The highest BCUT2D eigenvalue weighted by atomic mass is 79.9. The summed E-state index contributed by atoms with van der Waals surface area (Å²) in [5.74, 6) is -0.0463. The molecule has 0 aromatic heterocycles. The van der Waals surface area contributed by atoms with Gasteiger partial charge >= 0.3 is 5.97 Å². The Morgan fingerprint density at radius 2 is 1.67 bits per heavy atom. The number of nitrogens with one attached hydrogen (secondary N) is 1. The van der Waals surface area contributed by atoms with E-state index in [-0.39, 0.29) is 18.7 Å². The third-order valence-corrected chi connectivity index (χ3v) is 5.01. The van der Waals surface area contributed by atoms with Gasteiger partial charge in [0.2, 0.25) is 5.91 Å². The molecule has 1 atom stereocenters. The van der Waals surface area contributed by atoms with Crippen molar-refractivity contribution in [1.82, 2.24) is 5.32 Å². The summed E-state index contributed by atoms with van der Waals surface area (Å²) < 4.78 is 29.9. The van der Waals surface area contributed by atoms with Crippen LogP contribution >= 0.6 is 15.9 Å². The summed E-state index contributed by atoms with van der Waals surface area (Å²) in [6.45, 7) is 4.68. The van der Waals surface area contributed by atoms with Crippen molar-refractivity contribution in [2.45, 2.75) is 32.7 Å². The van der Waals surface area contributed by atoms with E-state index in [1.807, 2.05) is 13.8 Å². The largest absolute Gasteiger partial charge is 0.490 e. The van der Waals surface area contributed by atoms with Gasteiger partial charge in [0.25, 0.3) is 0 Å². The van der Waals surface area contributed by atoms with Crippen LogP contribution in [-0.4, -0.2) is 32.2 Å². The quantitative estimate of drug-likeness (QED) is 0.510. The Balaban J connectivity index is 2.20. The Morgan fingerprint density at radius 3 is 2.23 bits per heavy atom. The Kier molecular flexibility index (Phi) is 9.11. The van der Waals surface area contributed by atoms with E-state index < -0.39 is 17.8 Å². The van der Waals surface area contributed by atoms with E-state index >= 15 is 0 Å². The van der Waals surface area contributed by atoms with E-state index in [9.17, 15) is 14.0 Å². The molecule has 2 aromatic carbocycles. The van der Waals surface area contributed by atoms with Gasteiger partial charge in [0.05, 0.1) is 39.2 Å². The minimum absolute atomic E-state index is 0.0475. The van der Waals surface area contributed by atoms with Crippen LogP contribution < -0.4 is 14.8 Å². The summed E-state index contributed by atoms with van der Waals surface area (Å²) in [5.41, 5.74) is 1.31. The molecule has 0 bridgehead atoms. The number of carbonyl (C=O) groups excluding carboxylic acids is 2. The third-order valence-electron chi connectivity index (χ3n) is 4.27. The fourth-order valence-corrected chi connectivity index (χ4v) is 3.33. The van der Waals surface area contributed by atoms with Crippen molar-refractivity contribution in [3.8, 4) is 11.5 Å². The van der Waals surface area contributed by atoms with Crippen molar-refractivity contribution in [3.05, 3.63) is 57.8 Å². The average Bonchev–Trinajstić information content (AvgIpc) is 2.71. The second-order valence-corrected chi connectivity index (χ2v) is 7.24. The Morgan fingerprint density at radius 1 is 1.07 bits per heavy atom. The zero-order chi connectivity index (χ0) is 22.1. The molecule has 0 fully saturated rings. The SMILES string of the molecule is CCOc1cc(Br)c(CC(=O)NC(CC(=O)OC)c2ccc(F)cc2)cc1OCC. The summed E-state index contributed by atoms with van der Waals surface area (Å²) in [6, 6.07) is 8.51. The highest BCUT2D eigenvalue weighted by molar-refractivity contribution is 9.10. The minimum atomic E-state index is -0.640. The highest BCUT2D eigenvalue weighted by Crippen LogP contribution is 2.34. The normalized spacial score (nSPS) is 11.5. The predicted molar refractivity (Wildman–Crippen MR) is 114 cm³/mol. The summed E-state index contributed by atoms with van der Waals surface area (Å²) in [4.78, 5) is 24.5. The fourth-order valence-electron chi connectivity index (χ4n) is 2.86. The first kappa shape index (κ1) is 23.7. The molecule has 0 saturated carbocycles. The molecular weight excluding hydrogens is 457 g/mol.